The lowest BCUT2D eigenvalue weighted by Crippen LogP contribution is -2.53. The van der Waals surface area contributed by atoms with Gasteiger partial charge in [0.05, 0.1) is 6.54 Å². The van der Waals surface area contributed by atoms with Gasteiger partial charge in [-0.15, -0.1) is 0 Å². The van der Waals surface area contributed by atoms with Crippen molar-refractivity contribution in [2.45, 2.75) is 25.8 Å². The van der Waals surface area contributed by atoms with Crippen molar-refractivity contribution in [1.29, 1.82) is 0 Å². The zero-order valence-corrected chi connectivity index (χ0v) is 13.9. The van der Waals surface area contributed by atoms with Gasteiger partial charge in [-0.2, -0.15) is 0 Å². The summed E-state index contributed by atoms with van der Waals surface area (Å²) in [6.07, 6.45) is -1.31. The number of aliphatic imine (C=N–C) groups is 1. The van der Waals surface area contributed by atoms with Crippen LogP contribution in [0.25, 0.3) is 0 Å². The van der Waals surface area contributed by atoms with Crippen LogP contribution >= 0.6 is 0 Å². The number of hydrogen-bond donors (Lipinski definition) is 1. The Hall–Kier alpha value is -1.69. The first-order valence-electron chi connectivity index (χ1n) is 8.18. The van der Waals surface area contributed by atoms with Crippen molar-refractivity contribution in [2.75, 3.05) is 39.8 Å². The van der Waals surface area contributed by atoms with Crippen LogP contribution in [0.1, 0.15) is 24.9 Å². The molecule has 1 N–H and O–H groups in total. The van der Waals surface area contributed by atoms with Crippen LogP contribution in [0, 0.1) is 0 Å². The fourth-order valence-electron chi connectivity index (χ4n) is 3.13. The molecule has 1 heterocycles. The topological polar surface area (TPSA) is 30.9 Å². The first-order valence-corrected chi connectivity index (χ1v) is 8.18. The fraction of sp³-hybridized carbons (Fsp3) is 0.588. The van der Waals surface area contributed by atoms with Crippen LogP contribution in [0.3, 0.4) is 0 Å². The van der Waals surface area contributed by atoms with E-state index in [2.05, 4.69) is 51.3 Å². The van der Waals surface area contributed by atoms with Crippen molar-refractivity contribution in [3.63, 3.8) is 0 Å². The van der Waals surface area contributed by atoms with Crippen molar-refractivity contribution in [1.82, 2.24) is 15.1 Å². The van der Waals surface area contributed by atoms with Gasteiger partial charge in [0.25, 0.3) is 6.43 Å². The van der Waals surface area contributed by atoms with Crippen molar-refractivity contribution in [3.05, 3.63) is 35.9 Å². The molecular formula is C17H26F2N4. The third kappa shape index (κ3) is 4.89. The Kier molecular flexibility index (Phi) is 6.77. The summed E-state index contributed by atoms with van der Waals surface area (Å²) in [5.41, 5.74) is 1.34. The highest BCUT2D eigenvalue weighted by atomic mass is 19.3. The smallest absolute Gasteiger partial charge is 0.255 e. The summed E-state index contributed by atoms with van der Waals surface area (Å²) in [5, 5.41) is 2.74. The minimum atomic E-state index is -2.37. The lowest BCUT2D eigenvalue weighted by atomic mass is 10.0. The van der Waals surface area contributed by atoms with Gasteiger partial charge >= 0.3 is 0 Å². The minimum absolute atomic E-state index is 0.353. The molecule has 2 rings (SSSR count). The second-order valence-electron chi connectivity index (χ2n) is 5.68. The van der Waals surface area contributed by atoms with E-state index in [4.69, 9.17) is 0 Å². The molecule has 1 aliphatic heterocycles. The molecule has 0 saturated carbocycles. The van der Waals surface area contributed by atoms with Gasteiger partial charge in [0.2, 0.25) is 0 Å². The number of nitrogens with one attached hydrogen (secondary N) is 1. The third-order valence-corrected chi connectivity index (χ3v) is 4.25. The maximum absolute atomic E-state index is 12.4. The third-order valence-electron chi connectivity index (χ3n) is 4.25. The summed E-state index contributed by atoms with van der Waals surface area (Å²) in [5.74, 6) is 0.567. The molecule has 0 radical (unpaired) electrons. The van der Waals surface area contributed by atoms with Crippen LogP contribution in [0.5, 0.6) is 0 Å². The van der Waals surface area contributed by atoms with E-state index in [9.17, 15) is 8.78 Å². The first kappa shape index (κ1) is 17.7. The van der Waals surface area contributed by atoms with Gasteiger partial charge in [-0.1, -0.05) is 37.3 Å². The SMILES string of the molecule is CCC(c1ccccc1)N1CCN(C(=NC)NCC(F)F)CC1. The average molecular weight is 324 g/mol. The molecule has 1 unspecified atom stereocenters. The standard InChI is InChI=1S/C17H26F2N4/c1-3-15(14-7-5-4-6-8-14)22-9-11-23(12-10-22)17(20-2)21-13-16(18)19/h4-8,15-16H,3,9-13H2,1-2H3,(H,20,21). The highest BCUT2D eigenvalue weighted by Crippen LogP contribution is 2.25. The van der Waals surface area contributed by atoms with E-state index in [1.807, 2.05) is 6.07 Å². The fourth-order valence-corrected chi connectivity index (χ4v) is 3.13. The predicted octanol–water partition coefficient (Wildman–Crippen LogP) is 2.60. The number of rotatable bonds is 5. The molecule has 128 valence electrons. The van der Waals surface area contributed by atoms with Gasteiger partial charge in [-0.05, 0) is 12.0 Å². The van der Waals surface area contributed by atoms with Crippen molar-refractivity contribution in [3.8, 4) is 0 Å². The van der Waals surface area contributed by atoms with Crippen LogP contribution in [0.4, 0.5) is 8.78 Å². The van der Waals surface area contributed by atoms with Crippen molar-refractivity contribution < 1.29 is 8.78 Å². The van der Waals surface area contributed by atoms with E-state index in [-0.39, 0.29) is 6.54 Å². The van der Waals surface area contributed by atoms with E-state index in [0.29, 0.717) is 12.0 Å². The molecule has 0 bridgehead atoms. The highest BCUT2D eigenvalue weighted by Gasteiger charge is 2.25. The van der Waals surface area contributed by atoms with E-state index in [1.54, 1.807) is 7.05 Å². The Balaban J connectivity index is 1.92. The molecule has 23 heavy (non-hydrogen) atoms. The molecule has 0 aromatic heterocycles. The quantitative estimate of drug-likeness (QED) is 0.667. The summed E-state index contributed by atoms with van der Waals surface area (Å²) in [6, 6.07) is 10.9. The summed E-state index contributed by atoms with van der Waals surface area (Å²) in [7, 11) is 1.64. The van der Waals surface area contributed by atoms with Gasteiger partial charge in [0.1, 0.15) is 0 Å². The average Bonchev–Trinajstić information content (AvgIpc) is 2.58. The second-order valence-corrected chi connectivity index (χ2v) is 5.68. The summed E-state index contributed by atoms with van der Waals surface area (Å²) in [6.45, 7) is 5.26. The van der Waals surface area contributed by atoms with Crippen LogP contribution in [-0.4, -0.2) is 62.0 Å². The molecule has 0 spiro atoms. The Labute approximate surface area is 137 Å². The first-order chi connectivity index (χ1) is 11.2. The summed E-state index contributed by atoms with van der Waals surface area (Å²) < 4.78 is 24.7. The van der Waals surface area contributed by atoms with Crippen molar-refractivity contribution >= 4 is 5.96 Å². The second kappa shape index (κ2) is 8.82. The number of benzene rings is 1. The van der Waals surface area contributed by atoms with Crippen LogP contribution in [-0.2, 0) is 0 Å². The van der Waals surface area contributed by atoms with E-state index in [0.717, 1.165) is 32.6 Å². The van der Waals surface area contributed by atoms with Gasteiger partial charge in [0, 0.05) is 39.3 Å². The number of piperazine rings is 1. The molecule has 1 atom stereocenters. The molecule has 1 fully saturated rings. The Morgan fingerprint density at radius 1 is 1.17 bits per heavy atom. The summed E-state index contributed by atoms with van der Waals surface area (Å²) in [4.78, 5) is 8.63. The predicted molar refractivity (Wildman–Crippen MR) is 90.0 cm³/mol. The number of alkyl halides is 2. The Morgan fingerprint density at radius 3 is 2.35 bits per heavy atom. The monoisotopic (exact) mass is 324 g/mol. The Morgan fingerprint density at radius 2 is 1.83 bits per heavy atom. The zero-order chi connectivity index (χ0) is 16.7. The minimum Gasteiger partial charge on any atom is -0.351 e. The molecular weight excluding hydrogens is 298 g/mol. The highest BCUT2D eigenvalue weighted by molar-refractivity contribution is 5.80. The van der Waals surface area contributed by atoms with Crippen LogP contribution in [0.15, 0.2) is 35.3 Å². The maximum atomic E-state index is 12.4. The summed E-state index contributed by atoms with van der Waals surface area (Å²) >= 11 is 0. The molecule has 1 saturated heterocycles. The number of nitrogens with zero attached hydrogens (tertiary/aromatic N) is 3. The van der Waals surface area contributed by atoms with Gasteiger partial charge in [-0.3, -0.25) is 9.89 Å². The zero-order valence-electron chi connectivity index (χ0n) is 13.9. The van der Waals surface area contributed by atoms with E-state index in [1.165, 1.54) is 5.56 Å². The molecule has 6 heteroatoms. The lowest BCUT2D eigenvalue weighted by Gasteiger charge is -2.40. The number of hydrogen-bond acceptors (Lipinski definition) is 2. The van der Waals surface area contributed by atoms with Gasteiger partial charge in [-0.25, -0.2) is 8.78 Å². The molecule has 4 nitrogen and oxygen atoms in total. The van der Waals surface area contributed by atoms with E-state index >= 15 is 0 Å². The molecule has 0 amide bonds. The molecule has 0 aliphatic carbocycles. The van der Waals surface area contributed by atoms with Crippen molar-refractivity contribution in [2.24, 2.45) is 4.99 Å². The van der Waals surface area contributed by atoms with Gasteiger partial charge < -0.3 is 10.2 Å². The van der Waals surface area contributed by atoms with Gasteiger partial charge in [0.15, 0.2) is 5.96 Å². The number of guanidine groups is 1. The largest absolute Gasteiger partial charge is 0.351 e. The molecule has 1 aliphatic rings. The normalized spacial score (nSPS) is 18.3. The molecule has 1 aromatic carbocycles. The Bertz CT molecular complexity index is 485. The maximum Gasteiger partial charge on any atom is 0.255 e. The van der Waals surface area contributed by atoms with Crippen LogP contribution < -0.4 is 5.32 Å². The lowest BCUT2D eigenvalue weighted by molar-refractivity contribution is 0.123. The number of halogens is 2. The van der Waals surface area contributed by atoms with Crippen LogP contribution in [0.2, 0.25) is 0 Å². The molecule has 1 aromatic rings. The van der Waals surface area contributed by atoms with E-state index < -0.39 is 6.43 Å².